The van der Waals surface area contributed by atoms with Crippen LogP contribution in [0.1, 0.15) is 59.4 Å². The van der Waals surface area contributed by atoms with E-state index < -0.39 is 0 Å². The number of aryl methyl sites for hydroxylation is 2. The van der Waals surface area contributed by atoms with Crippen LogP contribution < -0.4 is 5.32 Å². The van der Waals surface area contributed by atoms with Crippen molar-refractivity contribution in [1.82, 2.24) is 25.1 Å². The minimum absolute atomic E-state index is 0.0336. The van der Waals surface area contributed by atoms with Gasteiger partial charge in [0.1, 0.15) is 10.7 Å². The number of nitrogens with one attached hydrogen (secondary N) is 1. The highest BCUT2D eigenvalue weighted by molar-refractivity contribution is 7.13. The second-order valence-corrected chi connectivity index (χ2v) is 6.97. The van der Waals surface area contributed by atoms with Crippen LogP contribution in [0, 0.1) is 0 Å². The Bertz CT molecular complexity index is 675. The lowest BCUT2D eigenvalue weighted by Gasteiger charge is -2.23. The van der Waals surface area contributed by atoms with Crippen LogP contribution in [0.15, 0.2) is 6.20 Å². The smallest absolute Gasteiger partial charge is 0.263 e. The molecule has 0 aliphatic carbocycles. The summed E-state index contributed by atoms with van der Waals surface area (Å²) in [6.07, 6.45) is 4.28. The summed E-state index contributed by atoms with van der Waals surface area (Å²) in [5, 5.41) is 8.57. The molecule has 3 rings (SSSR count). The third-order valence-corrected chi connectivity index (χ3v) is 5.09. The van der Waals surface area contributed by atoms with E-state index in [0.717, 1.165) is 35.9 Å². The summed E-state index contributed by atoms with van der Waals surface area (Å²) in [6.45, 7) is 6.92. The van der Waals surface area contributed by atoms with Gasteiger partial charge in [-0.3, -0.25) is 4.79 Å². The molecule has 0 aromatic carbocycles. The Morgan fingerprint density at radius 2 is 2.36 bits per heavy atom. The molecule has 1 amide bonds. The fourth-order valence-corrected chi connectivity index (χ4v) is 3.37. The number of carbonyl (C=O) groups is 1. The van der Waals surface area contributed by atoms with Crippen molar-refractivity contribution in [3.63, 3.8) is 0 Å². The van der Waals surface area contributed by atoms with Crippen LogP contribution in [-0.4, -0.2) is 31.7 Å². The van der Waals surface area contributed by atoms with Gasteiger partial charge in [0, 0.05) is 24.8 Å². The molecule has 1 aliphatic heterocycles. The molecular formula is C15H21N5OS. The fraction of sp³-hybridized carbons (Fsp3) is 0.600. The Labute approximate surface area is 134 Å². The first-order valence-corrected chi connectivity index (χ1v) is 8.57. The molecular weight excluding hydrogens is 298 g/mol. The second kappa shape index (κ2) is 6.16. The van der Waals surface area contributed by atoms with Crippen molar-refractivity contribution in [2.45, 2.75) is 58.5 Å². The SMILES string of the molecule is CCc1nc2n(n1)C[C@H](NC(=O)c1cnc(C(C)C)s1)CC2. The third kappa shape index (κ3) is 3.04. The maximum absolute atomic E-state index is 12.3. The van der Waals surface area contributed by atoms with E-state index >= 15 is 0 Å². The predicted molar refractivity (Wildman–Crippen MR) is 85.2 cm³/mol. The number of carbonyl (C=O) groups excluding carboxylic acids is 1. The highest BCUT2D eigenvalue weighted by Crippen LogP contribution is 2.21. The van der Waals surface area contributed by atoms with Crippen LogP contribution in [0.5, 0.6) is 0 Å². The Morgan fingerprint density at radius 3 is 3.05 bits per heavy atom. The summed E-state index contributed by atoms with van der Waals surface area (Å²) in [5.41, 5.74) is 0. The summed E-state index contributed by atoms with van der Waals surface area (Å²) in [6, 6.07) is 0.107. The monoisotopic (exact) mass is 319 g/mol. The Hall–Kier alpha value is -1.76. The van der Waals surface area contributed by atoms with E-state index in [-0.39, 0.29) is 11.9 Å². The zero-order chi connectivity index (χ0) is 15.7. The van der Waals surface area contributed by atoms with Crippen molar-refractivity contribution in [2.24, 2.45) is 0 Å². The summed E-state index contributed by atoms with van der Waals surface area (Å²) in [7, 11) is 0. The van der Waals surface area contributed by atoms with E-state index in [0.29, 0.717) is 17.3 Å². The van der Waals surface area contributed by atoms with Crippen LogP contribution in [0.3, 0.4) is 0 Å². The Morgan fingerprint density at radius 1 is 1.55 bits per heavy atom. The van der Waals surface area contributed by atoms with Crippen molar-refractivity contribution in [3.05, 3.63) is 27.7 Å². The standard InChI is InChI=1S/C15H21N5OS/c1-4-12-18-13-6-5-10(8-20(13)19-12)17-14(21)11-7-16-15(22-11)9(2)3/h7,9-10H,4-6,8H2,1-3H3,(H,17,21)/t10-/m1/s1. The van der Waals surface area contributed by atoms with Crippen molar-refractivity contribution in [3.8, 4) is 0 Å². The molecule has 3 heterocycles. The molecule has 7 heteroatoms. The van der Waals surface area contributed by atoms with Crippen molar-refractivity contribution >= 4 is 17.2 Å². The first kappa shape index (κ1) is 15.1. The summed E-state index contributed by atoms with van der Waals surface area (Å²) in [5.74, 6) is 2.23. The molecule has 2 aromatic heterocycles. The van der Waals surface area contributed by atoms with E-state index in [9.17, 15) is 4.79 Å². The van der Waals surface area contributed by atoms with Crippen LogP contribution in [0.2, 0.25) is 0 Å². The van der Waals surface area contributed by atoms with Gasteiger partial charge in [-0.15, -0.1) is 11.3 Å². The zero-order valence-electron chi connectivity index (χ0n) is 13.2. The van der Waals surface area contributed by atoms with Gasteiger partial charge in [-0.2, -0.15) is 5.10 Å². The lowest BCUT2D eigenvalue weighted by atomic mass is 10.1. The lowest BCUT2D eigenvalue weighted by molar-refractivity contribution is 0.0930. The molecule has 0 radical (unpaired) electrons. The highest BCUT2D eigenvalue weighted by Gasteiger charge is 2.23. The Kier molecular flexibility index (Phi) is 4.24. The van der Waals surface area contributed by atoms with Gasteiger partial charge in [0.2, 0.25) is 0 Å². The van der Waals surface area contributed by atoms with Crippen LogP contribution in [0.4, 0.5) is 0 Å². The van der Waals surface area contributed by atoms with Gasteiger partial charge in [-0.1, -0.05) is 20.8 Å². The third-order valence-electron chi connectivity index (χ3n) is 3.79. The van der Waals surface area contributed by atoms with E-state index in [4.69, 9.17) is 0 Å². The molecule has 0 saturated carbocycles. The number of rotatable bonds is 4. The van der Waals surface area contributed by atoms with Crippen molar-refractivity contribution in [2.75, 3.05) is 0 Å². The molecule has 22 heavy (non-hydrogen) atoms. The van der Waals surface area contributed by atoms with Gasteiger partial charge in [-0.05, 0) is 6.42 Å². The van der Waals surface area contributed by atoms with Gasteiger partial charge in [0.15, 0.2) is 5.82 Å². The predicted octanol–water partition coefficient (Wildman–Crippen LogP) is 2.17. The number of hydrogen-bond donors (Lipinski definition) is 1. The van der Waals surface area contributed by atoms with Gasteiger partial charge in [0.05, 0.1) is 17.7 Å². The number of amides is 1. The van der Waals surface area contributed by atoms with Crippen molar-refractivity contribution in [1.29, 1.82) is 0 Å². The quantitative estimate of drug-likeness (QED) is 0.937. The number of aromatic nitrogens is 4. The zero-order valence-corrected chi connectivity index (χ0v) is 14.0. The van der Waals surface area contributed by atoms with Crippen LogP contribution >= 0.6 is 11.3 Å². The number of nitrogens with zero attached hydrogens (tertiary/aromatic N) is 4. The normalized spacial score (nSPS) is 17.5. The molecule has 118 valence electrons. The first-order chi connectivity index (χ1) is 10.6. The summed E-state index contributed by atoms with van der Waals surface area (Å²) < 4.78 is 1.93. The summed E-state index contributed by atoms with van der Waals surface area (Å²) >= 11 is 1.47. The van der Waals surface area contributed by atoms with E-state index in [1.54, 1.807) is 6.20 Å². The molecule has 2 aromatic rings. The maximum atomic E-state index is 12.3. The fourth-order valence-electron chi connectivity index (χ4n) is 2.54. The number of thiazole rings is 1. The lowest BCUT2D eigenvalue weighted by Crippen LogP contribution is -2.41. The van der Waals surface area contributed by atoms with Crippen LogP contribution in [-0.2, 0) is 19.4 Å². The van der Waals surface area contributed by atoms with Crippen molar-refractivity contribution < 1.29 is 4.79 Å². The highest BCUT2D eigenvalue weighted by atomic mass is 32.1. The van der Waals surface area contributed by atoms with E-state index in [1.807, 2.05) is 4.68 Å². The molecule has 1 N–H and O–H groups in total. The molecule has 1 atom stereocenters. The Balaban J connectivity index is 1.64. The van der Waals surface area contributed by atoms with E-state index in [2.05, 4.69) is 41.2 Å². The first-order valence-electron chi connectivity index (χ1n) is 7.76. The molecule has 0 saturated heterocycles. The van der Waals surface area contributed by atoms with Gasteiger partial charge in [0.25, 0.3) is 5.91 Å². The number of fused-ring (bicyclic) bond motifs is 1. The number of hydrogen-bond acceptors (Lipinski definition) is 5. The molecule has 6 nitrogen and oxygen atoms in total. The average Bonchev–Trinajstić information content (AvgIpc) is 3.13. The minimum atomic E-state index is -0.0336. The molecule has 0 fully saturated rings. The topological polar surface area (TPSA) is 72.7 Å². The second-order valence-electron chi connectivity index (χ2n) is 5.91. The molecule has 0 unspecified atom stereocenters. The summed E-state index contributed by atoms with van der Waals surface area (Å²) in [4.78, 5) is 21.8. The van der Waals surface area contributed by atoms with E-state index in [1.165, 1.54) is 11.3 Å². The molecule has 1 aliphatic rings. The van der Waals surface area contributed by atoms with Gasteiger partial charge in [-0.25, -0.2) is 14.6 Å². The minimum Gasteiger partial charge on any atom is -0.347 e. The van der Waals surface area contributed by atoms with Gasteiger partial charge < -0.3 is 5.32 Å². The average molecular weight is 319 g/mol. The largest absolute Gasteiger partial charge is 0.347 e. The van der Waals surface area contributed by atoms with Gasteiger partial charge >= 0.3 is 0 Å². The maximum Gasteiger partial charge on any atom is 0.263 e. The van der Waals surface area contributed by atoms with Crippen LogP contribution in [0.25, 0.3) is 0 Å². The molecule has 0 spiro atoms. The molecule has 0 bridgehead atoms.